The summed E-state index contributed by atoms with van der Waals surface area (Å²) in [6.07, 6.45) is 3.18. The molecule has 1 aliphatic heterocycles. The molecule has 0 bridgehead atoms. The van der Waals surface area contributed by atoms with Gasteiger partial charge in [0, 0.05) is 6.54 Å². The summed E-state index contributed by atoms with van der Waals surface area (Å²) < 4.78 is 5.08. The second-order valence-corrected chi connectivity index (χ2v) is 5.38. The third-order valence-electron chi connectivity index (χ3n) is 3.21. The molecule has 0 aliphatic carbocycles. The zero-order chi connectivity index (χ0) is 14.3. The lowest BCUT2D eigenvalue weighted by molar-refractivity contribution is -0.142. The molecule has 1 heterocycles. The molecule has 6 nitrogen and oxygen atoms in total. The fraction of sp³-hybridized carbons (Fsp3) is 0.846. The molecular weight excluding hydrogens is 248 g/mol. The quantitative estimate of drug-likeness (QED) is 0.608. The van der Waals surface area contributed by atoms with Crippen molar-refractivity contribution in [2.24, 2.45) is 11.8 Å². The Morgan fingerprint density at radius 1 is 1.32 bits per heavy atom. The van der Waals surface area contributed by atoms with Gasteiger partial charge in [0.25, 0.3) is 0 Å². The number of carboxylic acids is 1. The molecule has 1 aliphatic rings. The van der Waals surface area contributed by atoms with Gasteiger partial charge in [0.2, 0.25) is 0 Å². The maximum absolute atomic E-state index is 11.6. The fourth-order valence-corrected chi connectivity index (χ4v) is 2.04. The molecule has 1 saturated heterocycles. The van der Waals surface area contributed by atoms with Gasteiger partial charge < -0.3 is 20.5 Å². The summed E-state index contributed by atoms with van der Waals surface area (Å²) in [5, 5.41) is 14.3. The molecular formula is C13H24N2O4. The minimum absolute atomic E-state index is 0.161. The number of hydrogen-bond acceptors (Lipinski definition) is 3. The molecule has 0 aromatic heterocycles. The predicted molar refractivity (Wildman–Crippen MR) is 71.0 cm³/mol. The summed E-state index contributed by atoms with van der Waals surface area (Å²) in [5.41, 5.74) is 0. The molecule has 1 fully saturated rings. The van der Waals surface area contributed by atoms with E-state index in [0.717, 1.165) is 19.3 Å². The van der Waals surface area contributed by atoms with Crippen molar-refractivity contribution in [3.8, 4) is 0 Å². The van der Waals surface area contributed by atoms with E-state index in [9.17, 15) is 9.59 Å². The summed E-state index contributed by atoms with van der Waals surface area (Å²) in [4.78, 5) is 22.5. The van der Waals surface area contributed by atoms with Gasteiger partial charge in [0.15, 0.2) is 0 Å². The number of carbonyl (C=O) groups is 2. The van der Waals surface area contributed by atoms with Crippen LogP contribution < -0.4 is 10.6 Å². The number of urea groups is 1. The monoisotopic (exact) mass is 272 g/mol. The lowest BCUT2D eigenvalue weighted by Crippen LogP contribution is -2.47. The van der Waals surface area contributed by atoms with Crippen LogP contribution in [0.3, 0.4) is 0 Å². The van der Waals surface area contributed by atoms with Gasteiger partial charge in [-0.3, -0.25) is 4.79 Å². The highest BCUT2D eigenvalue weighted by atomic mass is 16.5. The molecule has 110 valence electrons. The van der Waals surface area contributed by atoms with Crippen molar-refractivity contribution >= 4 is 12.0 Å². The summed E-state index contributed by atoms with van der Waals surface area (Å²) in [5.74, 6) is -0.896. The molecule has 19 heavy (non-hydrogen) atoms. The third-order valence-corrected chi connectivity index (χ3v) is 3.21. The van der Waals surface area contributed by atoms with E-state index in [-0.39, 0.29) is 19.2 Å². The molecule has 1 rings (SSSR count). The summed E-state index contributed by atoms with van der Waals surface area (Å²) in [7, 11) is 0. The lowest BCUT2D eigenvalue weighted by Gasteiger charge is -2.16. The molecule has 2 amide bonds. The number of unbranched alkanes of at least 4 members (excludes halogenated alkanes) is 1. The number of carbonyl (C=O) groups excluding carboxylic acids is 1. The van der Waals surface area contributed by atoms with E-state index >= 15 is 0 Å². The van der Waals surface area contributed by atoms with E-state index in [1.54, 1.807) is 0 Å². The van der Waals surface area contributed by atoms with Crippen LogP contribution in [-0.4, -0.2) is 42.9 Å². The Morgan fingerprint density at radius 3 is 2.68 bits per heavy atom. The third kappa shape index (κ3) is 5.92. The molecule has 2 atom stereocenters. The molecule has 0 spiro atoms. The first-order valence-corrected chi connectivity index (χ1v) is 6.85. The van der Waals surface area contributed by atoms with Crippen LogP contribution >= 0.6 is 0 Å². The highest BCUT2D eigenvalue weighted by Gasteiger charge is 2.34. The Bertz CT molecular complexity index is 307. The van der Waals surface area contributed by atoms with E-state index in [2.05, 4.69) is 24.5 Å². The fourth-order valence-electron chi connectivity index (χ4n) is 2.04. The van der Waals surface area contributed by atoms with E-state index < -0.39 is 17.9 Å². The first kappa shape index (κ1) is 15.8. The SMILES string of the molecule is CC(C)CCCCNC(=O)NC1COCC1C(=O)O. The second-order valence-electron chi connectivity index (χ2n) is 5.38. The second kappa shape index (κ2) is 7.99. The number of aliphatic carboxylic acids is 1. The Morgan fingerprint density at radius 2 is 2.05 bits per heavy atom. The van der Waals surface area contributed by atoms with Crippen LogP contribution in [0.1, 0.15) is 33.1 Å². The molecule has 0 saturated carbocycles. The minimum atomic E-state index is -0.931. The van der Waals surface area contributed by atoms with Gasteiger partial charge in [0.1, 0.15) is 5.92 Å². The normalized spacial score (nSPS) is 22.5. The van der Waals surface area contributed by atoms with Gasteiger partial charge in [-0.25, -0.2) is 4.79 Å². The van der Waals surface area contributed by atoms with E-state index in [1.165, 1.54) is 0 Å². The molecule has 2 unspecified atom stereocenters. The smallest absolute Gasteiger partial charge is 0.315 e. The van der Waals surface area contributed by atoms with Crippen molar-refractivity contribution in [3.63, 3.8) is 0 Å². The molecule has 0 radical (unpaired) electrons. The van der Waals surface area contributed by atoms with Crippen LogP contribution in [0.25, 0.3) is 0 Å². The van der Waals surface area contributed by atoms with Gasteiger partial charge in [-0.05, 0) is 12.3 Å². The Labute approximate surface area is 113 Å². The predicted octanol–water partition coefficient (Wildman–Crippen LogP) is 1.21. The largest absolute Gasteiger partial charge is 0.481 e. The Hall–Kier alpha value is -1.30. The average molecular weight is 272 g/mol. The lowest BCUT2D eigenvalue weighted by atomic mass is 10.0. The zero-order valence-electron chi connectivity index (χ0n) is 11.6. The van der Waals surface area contributed by atoms with E-state index in [1.807, 2.05) is 0 Å². The number of hydrogen-bond donors (Lipinski definition) is 3. The van der Waals surface area contributed by atoms with Crippen molar-refractivity contribution in [2.45, 2.75) is 39.2 Å². The van der Waals surface area contributed by atoms with Crippen LogP contribution in [-0.2, 0) is 9.53 Å². The van der Waals surface area contributed by atoms with Crippen molar-refractivity contribution in [3.05, 3.63) is 0 Å². The van der Waals surface area contributed by atoms with Crippen LogP contribution in [0.5, 0.6) is 0 Å². The number of carboxylic acid groups (broad SMARTS) is 1. The number of nitrogens with one attached hydrogen (secondary N) is 2. The number of rotatable bonds is 7. The van der Waals surface area contributed by atoms with Crippen LogP contribution in [0.15, 0.2) is 0 Å². The number of ether oxygens (including phenoxy) is 1. The summed E-state index contributed by atoms with van der Waals surface area (Å²) in [6.45, 7) is 5.38. The Kier molecular flexibility index (Phi) is 6.62. The molecule has 3 N–H and O–H groups in total. The van der Waals surface area contributed by atoms with Gasteiger partial charge >= 0.3 is 12.0 Å². The Balaban J connectivity index is 2.15. The summed E-state index contributed by atoms with van der Waals surface area (Å²) >= 11 is 0. The molecule has 0 aromatic carbocycles. The van der Waals surface area contributed by atoms with Gasteiger partial charge in [-0.2, -0.15) is 0 Å². The maximum atomic E-state index is 11.6. The van der Waals surface area contributed by atoms with E-state index in [0.29, 0.717) is 12.5 Å². The van der Waals surface area contributed by atoms with Crippen molar-refractivity contribution < 1.29 is 19.4 Å². The van der Waals surface area contributed by atoms with Gasteiger partial charge in [-0.1, -0.05) is 26.7 Å². The van der Waals surface area contributed by atoms with Gasteiger partial charge in [0.05, 0.1) is 19.3 Å². The molecule has 0 aromatic rings. The first-order valence-electron chi connectivity index (χ1n) is 6.85. The maximum Gasteiger partial charge on any atom is 0.315 e. The van der Waals surface area contributed by atoms with Crippen molar-refractivity contribution in [1.82, 2.24) is 10.6 Å². The zero-order valence-corrected chi connectivity index (χ0v) is 11.6. The minimum Gasteiger partial charge on any atom is -0.481 e. The number of amides is 2. The topological polar surface area (TPSA) is 87.7 Å². The van der Waals surface area contributed by atoms with Crippen molar-refractivity contribution in [1.29, 1.82) is 0 Å². The molecule has 6 heteroatoms. The van der Waals surface area contributed by atoms with Crippen molar-refractivity contribution in [2.75, 3.05) is 19.8 Å². The van der Waals surface area contributed by atoms with Crippen LogP contribution in [0.4, 0.5) is 4.79 Å². The highest BCUT2D eigenvalue weighted by Crippen LogP contribution is 2.13. The first-order chi connectivity index (χ1) is 9.00. The van der Waals surface area contributed by atoms with Gasteiger partial charge in [-0.15, -0.1) is 0 Å². The highest BCUT2D eigenvalue weighted by molar-refractivity contribution is 5.77. The summed E-state index contributed by atoms with van der Waals surface area (Å²) in [6, 6.07) is -0.750. The van der Waals surface area contributed by atoms with Crippen LogP contribution in [0, 0.1) is 11.8 Å². The van der Waals surface area contributed by atoms with E-state index in [4.69, 9.17) is 9.84 Å². The standard InChI is InChI=1S/C13H24N2O4/c1-9(2)5-3-4-6-14-13(18)15-11-8-19-7-10(11)12(16)17/h9-11H,3-8H2,1-2H3,(H,16,17)(H2,14,15,18). The average Bonchev–Trinajstić information content (AvgIpc) is 2.76. The van der Waals surface area contributed by atoms with Crippen LogP contribution in [0.2, 0.25) is 0 Å².